The largest absolute Gasteiger partial charge is 0.305 e. The van der Waals surface area contributed by atoms with E-state index in [1.807, 2.05) is 11.3 Å². The second-order valence-corrected chi connectivity index (χ2v) is 7.83. The van der Waals surface area contributed by atoms with E-state index < -0.39 is 0 Å². The van der Waals surface area contributed by atoms with E-state index in [0.29, 0.717) is 0 Å². The summed E-state index contributed by atoms with van der Waals surface area (Å²) in [6.45, 7) is 10.1. The molecule has 0 aliphatic carbocycles. The number of rotatable bonds is 3. The highest BCUT2D eigenvalue weighted by molar-refractivity contribution is 7.09. The van der Waals surface area contributed by atoms with Crippen LogP contribution in [0.15, 0.2) is 47.8 Å². The van der Waals surface area contributed by atoms with Gasteiger partial charge in [0.2, 0.25) is 0 Å². The third-order valence-electron chi connectivity index (χ3n) is 4.61. The molecular formula is C18H24N2S. The van der Waals surface area contributed by atoms with Crippen molar-refractivity contribution in [1.29, 1.82) is 0 Å². The lowest BCUT2D eigenvalue weighted by atomic mass is 9.85. The molecule has 1 unspecified atom stereocenters. The summed E-state index contributed by atoms with van der Waals surface area (Å²) in [5.74, 6) is 0. The maximum Gasteiger partial charge on any atom is 0.0535 e. The highest BCUT2D eigenvalue weighted by atomic mass is 32.1. The summed E-state index contributed by atoms with van der Waals surface area (Å²) in [7, 11) is 0. The molecule has 112 valence electrons. The third-order valence-corrected chi connectivity index (χ3v) is 5.47. The number of hydrogen-bond donors (Lipinski definition) is 1. The van der Waals surface area contributed by atoms with Gasteiger partial charge in [-0.3, -0.25) is 4.90 Å². The molecule has 3 heteroatoms. The van der Waals surface area contributed by atoms with E-state index in [4.69, 9.17) is 0 Å². The molecule has 1 aliphatic heterocycles. The highest BCUT2D eigenvalue weighted by Crippen LogP contribution is 2.32. The van der Waals surface area contributed by atoms with Crippen molar-refractivity contribution < 1.29 is 0 Å². The first-order chi connectivity index (χ1) is 10.00. The molecule has 1 atom stereocenters. The Morgan fingerprint density at radius 1 is 1.10 bits per heavy atom. The normalized spacial score (nSPS) is 25.9. The van der Waals surface area contributed by atoms with Gasteiger partial charge in [0.25, 0.3) is 0 Å². The van der Waals surface area contributed by atoms with Gasteiger partial charge in [0.15, 0.2) is 0 Å². The van der Waals surface area contributed by atoms with Crippen molar-refractivity contribution in [3.63, 3.8) is 0 Å². The number of hydrogen-bond acceptors (Lipinski definition) is 3. The van der Waals surface area contributed by atoms with Crippen LogP contribution in [0.4, 0.5) is 0 Å². The van der Waals surface area contributed by atoms with Crippen LogP contribution < -0.4 is 5.32 Å². The predicted molar refractivity (Wildman–Crippen MR) is 90.6 cm³/mol. The minimum atomic E-state index is 0.0219. The number of nitrogens with zero attached hydrogens (tertiary/aromatic N) is 1. The molecule has 1 aromatic carbocycles. The lowest BCUT2D eigenvalue weighted by molar-refractivity contribution is 0.0253. The first-order valence-electron chi connectivity index (χ1n) is 7.58. The fraction of sp³-hybridized carbons (Fsp3) is 0.444. The van der Waals surface area contributed by atoms with Crippen LogP contribution in [0, 0.1) is 0 Å². The summed E-state index contributed by atoms with van der Waals surface area (Å²) >= 11 is 1.85. The molecule has 0 radical (unpaired) electrons. The fourth-order valence-corrected chi connectivity index (χ4v) is 3.75. The van der Waals surface area contributed by atoms with Crippen LogP contribution in [0.3, 0.4) is 0 Å². The van der Waals surface area contributed by atoms with Gasteiger partial charge in [0, 0.05) is 30.1 Å². The maximum atomic E-state index is 3.77. The topological polar surface area (TPSA) is 15.3 Å². The molecule has 0 bridgehead atoms. The number of piperazine rings is 1. The Morgan fingerprint density at radius 3 is 2.52 bits per heavy atom. The molecule has 2 nitrogen and oxygen atoms in total. The van der Waals surface area contributed by atoms with Crippen LogP contribution in [0.2, 0.25) is 0 Å². The van der Waals surface area contributed by atoms with Crippen molar-refractivity contribution in [1.82, 2.24) is 10.2 Å². The second kappa shape index (κ2) is 5.56. The molecule has 1 fully saturated rings. The molecule has 0 saturated carbocycles. The summed E-state index contributed by atoms with van der Waals surface area (Å²) in [6.07, 6.45) is 0. The second-order valence-electron chi connectivity index (χ2n) is 6.80. The molecule has 0 amide bonds. The van der Waals surface area contributed by atoms with Crippen LogP contribution >= 0.6 is 11.3 Å². The van der Waals surface area contributed by atoms with Gasteiger partial charge >= 0.3 is 0 Å². The average molecular weight is 300 g/mol. The van der Waals surface area contributed by atoms with Gasteiger partial charge < -0.3 is 5.32 Å². The van der Waals surface area contributed by atoms with E-state index in [2.05, 4.69) is 78.8 Å². The smallest absolute Gasteiger partial charge is 0.0535 e. The fourth-order valence-electron chi connectivity index (χ4n) is 3.03. The van der Waals surface area contributed by atoms with Crippen molar-refractivity contribution in [2.75, 3.05) is 13.1 Å². The van der Waals surface area contributed by atoms with Crippen LogP contribution in [-0.2, 0) is 12.1 Å². The van der Waals surface area contributed by atoms with E-state index >= 15 is 0 Å². The lowest BCUT2D eigenvalue weighted by Gasteiger charge is -2.51. The van der Waals surface area contributed by atoms with Crippen molar-refractivity contribution in [3.05, 3.63) is 58.3 Å². The molecule has 0 spiro atoms. The van der Waals surface area contributed by atoms with Gasteiger partial charge in [-0.05, 0) is 37.8 Å². The van der Waals surface area contributed by atoms with E-state index in [9.17, 15) is 0 Å². The molecular weight excluding hydrogens is 276 g/mol. The van der Waals surface area contributed by atoms with E-state index in [1.54, 1.807) is 0 Å². The van der Waals surface area contributed by atoms with Crippen LogP contribution in [0.25, 0.3) is 0 Å². The molecule has 2 heterocycles. The van der Waals surface area contributed by atoms with Gasteiger partial charge in [-0.1, -0.05) is 36.4 Å². The first kappa shape index (κ1) is 14.8. The quantitative estimate of drug-likeness (QED) is 0.926. The minimum absolute atomic E-state index is 0.0219. The van der Waals surface area contributed by atoms with E-state index in [0.717, 1.165) is 19.6 Å². The van der Waals surface area contributed by atoms with Gasteiger partial charge in [0.05, 0.1) is 5.54 Å². The first-order valence-corrected chi connectivity index (χ1v) is 8.46. The number of benzene rings is 1. The van der Waals surface area contributed by atoms with Crippen LogP contribution in [0.1, 0.15) is 31.2 Å². The Morgan fingerprint density at radius 2 is 1.86 bits per heavy atom. The zero-order valence-corrected chi connectivity index (χ0v) is 13.9. The van der Waals surface area contributed by atoms with Crippen LogP contribution in [-0.4, -0.2) is 23.5 Å². The molecule has 1 aromatic heterocycles. The molecule has 1 aliphatic rings. The molecule has 1 N–H and O–H groups in total. The third kappa shape index (κ3) is 3.05. The Labute approximate surface area is 131 Å². The SMILES string of the molecule is CC1(c2ccccc2)CN(Cc2cccs2)C(C)(C)CN1. The molecule has 1 saturated heterocycles. The zero-order valence-electron chi connectivity index (χ0n) is 13.1. The number of nitrogens with one attached hydrogen (secondary N) is 1. The Bertz CT molecular complexity index is 577. The average Bonchev–Trinajstić information content (AvgIpc) is 2.98. The zero-order chi connectivity index (χ0) is 14.9. The highest BCUT2D eigenvalue weighted by Gasteiger charge is 2.40. The van der Waals surface area contributed by atoms with Gasteiger partial charge in [-0.25, -0.2) is 0 Å². The van der Waals surface area contributed by atoms with Crippen molar-refractivity contribution in [2.45, 2.75) is 38.4 Å². The number of thiophene rings is 1. The Hall–Kier alpha value is -1.16. The lowest BCUT2D eigenvalue weighted by Crippen LogP contribution is -2.65. The van der Waals surface area contributed by atoms with Gasteiger partial charge in [-0.2, -0.15) is 0 Å². The summed E-state index contributed by atoms with van der Waals surface area (Å²) in [4.78, 5) is 4.06. The monoisotopic (exact) mass is 300 g/mol. The summed E-state index contributed by atoms with van der Waals surface area (Å²) in [5.41, 5.74) is 1.57. The molecule has 3 rings (SSSR count). The molecule has 2 aromatic rings. The van der Waals surface area contributed by atoms with Crippen molar-refractivity contribution >= 4 is 11.3 Å². The Kier molecular flexibility index (Phi) is 3.91. The summed E-state index contributed by atoms with van der Waals surface area (Å²) in [6, 6.07) is 15.2. The van der Waals surface area contributed by atoms with Gasteiger partial charge in [0.1, 0.15) is 0 Å². The predicted octanol–water partition coefficient (Wildman–Crippen LogP) is 3.85. The van der Waals surface area contributed by atoms with Crippen molar-refractivity contribution in [3.8, 4) is 0 Å². The van der Waals surface area contributed by atoms with Crippen LogP contribution in [0.5, 0.6) is 0 Å². The standard InChI is InChI=1S/C18H24N2S/c1-17(2)13-19-18(3,15-8-5-4-6-9-15)14-20(17)12-16-10-7-11-21-16/h4-11,19H,12-14H2,1-3H3. The van der Waals surface area contributed by atoms with Gasteiger partial charge in [-0.15, -0.1) is 11.3 Å². The Balaban J connectivity index is 1.84. The minimum Gasteiger partial charge on any atom is -0.305 e. The van der Waals surface area contributed by atoms with E-state index in [1.165, 1.54) is 10.4 Å². The summed E-state index contributed by atoms with van der Waals surface area (Å²) in [5, 5.41) is 5.94. The van der Waals surface area contributed by atoms with E-state index in [-0.39, 0.29) is 11.1 Å². The summed E-state index contributed by atoms with van der Waals surface area (Å²) < 4.78 is 0. The molecule has 21 heavy (non-hydrogen) atoms. The van der Waals surface area contributed by atoms with Crippen molar-refractivity contribution in [2.24, 2.45) is 0 Å². The maximum absolute atomic E-state index is 3.77.